The van der Waals surface area contributed by atoms with Gasteiger partial charge in [0.25, 0.3) is 0 Å². The molecule has 0 unspecified atom stereocenters. The Hall–Kier alpha value is -3.79. The number of rotatable bonds is 6. The number of hydrogen-bond donors (Lipinski definition) is 0. The van der Waals surface area contributed by atoms with E-state index in [4.69, 9.17) is 0 Å². The summed E-state index contributed by atoms with van der Waals surface area (Å²) in [5.41, 5.74) is 4.22. The predicted octanol–water partition coefficient (Wildman–Crippen LogP) is 1.81. The Labute approximate surface area is 215 Å². The molecule has 6 rings (SSSR count). The van der Waals surface area contributed by atoms with Crippen molar-refractivity contribution < 1.29 is 14.5 Å². The summed E-state index contributed by atoms with van der Waals surface area (Å²) in [5, 5.41) is 16.3. The van der Waals surface area contributed by atoms with E-state index in [0.717, 1.165) is 45.8 Å². The van der Waals surface area contributed by atoms with Gasteiger partial charge >= 0.3 is 0 Å². The zero-order valence-electron chi connectivity index (χ0n) is 21.1. The molecular formula is C27H31N7O3. The van der Waals surface area contributed by atoms with Crippen LogP contribution in [0.25, 0.3) is 0 Å². The molecule has 1 aliphatic carbocycles. The van der Waals surface area contributed by atoms with E-state index in [0.29, 0.717) is 17.9 Å². The number of ketones is 2. The van der Waals surface area contributed by atoms with Gasteiger partial charge in [0.2, 0.25) is 17.3 Å². The van der Waals surface area contributed by atoms with Crippen molar-refractivity contribution in [2.45, 2.75) is 32.7 Å². The fraction of sp³-hybridized carbons (Fsp3) is 0.444. The summed E-state index contributed by atoms with van der Waals surface area (Å²) < 4.78 is 1.29. The summed E-state index contributed by atoms with van der Waals surface area (Å²) in [5.74, 6) is -0.853. The Morgan fingerprint density at radius 3 is 2.49 bits per heavy atom. The average molecular weight is 502 g/mol. The minimum Gasteiger partial charge on any atom is -0.571 e. The number of carbonyl (C=O) groups is 2. The number of fused-ring (bicyclic) bond motifs is 2. The van der Waals surface area contributed by atoms with Gasteiger partial charge in [-0.1, -0.05) is 6.07 Å². The Bertz CT molecular complexity index is 1350. The molecule has 1 aromatic carbocycles. The Morgan fingerprint density at radius 2 is 1.70 bits per heavy atom. The predicted molar refractivity (Wildman–Crippen MR) is 138 cm³/mol. The highest BCUT2D eigenvalue weighted by atomic mass is 16.5. The molecule has 0 bridgehead atoms. The lowest BCUT2D eigenvalue weighted by Gasteiger charge is -2.36. The van der Waals surface area contributed by atoms with Crippen LogP contribution in [0.15, 0.2) is 36.5 Å². The standard InChI is InChI=1S/C27H31N7O3/c1-19-7-8-20(18-22(19)32-11-2-3-12-32)31-16-14-30(15-17-31)10-5-13-33-25-24(29-34(33)37)27(36)23-21(26(25)35)6-4-9-28-23/h4,6-9,18H,2-3,5,10-17H2,1H3. The molecule has 2 saturated heterocycles. The quantitative estimate of drug-likeness (QED) is 0.291. The molecular weight excluding hydrogens is 470 g/mol. The van der Waals surface area contributed by atoms with Gasteiger partial charge in [-0.3, -0.25) is 19.5 Å². The zero-order chi connectivity index (χ0) is 25.5. The number of nitrogens with zero attached hydrogens (tertiary/aromatic N) is 7. The SMILES string of the molecule is Cc1ccc(N2CCN(CCCn3c4c(n[n+]3[O-])C(=O)c3ncccc3C4=O)CC2)cc1N1CCCC1. The van der Waals surface area contributed by atoms with E-state index in [1.807, 2.05) is 0 Å². The van der Waals surface area contributed by atoms with Crippen LogP contribution in [-0.4, -0.2) is 77.0 Å². The highest BCUT2D eigenvalue weighted by Gasteiger charge is 2.40. The summed E-state index contributed by atoms with van der Waals surface area (Å²) in [6.45, 7) is 9.35. The normalized spacial score (nSPS) is 17.9. The van der Waals surface area contributed by atoms with E-state index in [2.05, 4.69) is 49.9 Å². The largest absolute Gasteiger partial charge is 0.571 e. The molecule has 2 fully saturated rings. The van der Waals surface area contributed by atoms with Gasteiger partial charge in [0.15, 0.2) is 5.69 Å². The number of hydrogen-bond acceptors (Lipinski definition) is 8. The van der Waals surface area contributed by atoms with Crippen LogP contribution in [0, 0.1) is 12.1 Å². The van der Waals surface area contributed by atoms with Crippen LogP contribution < -0.4 is 14.8 Å². The number of benzene rings is 1. The maximum absolute atomic E-state index is 13.0. The van der Waals surface area contributed by atoms with E-state index in [1.165, 1.54) is 40.7 Å². The van der Waals surface area contributed by atoms with Crippen molar-refractivity contribution in [3.05, 3.63) is 69.9 Å². The minimum atomic E-state index is -0.478. The van der Waals surface area contributed by atoms with Crippen LogP contribution in [0.3, 0.4) is 0 Å². The van der Waals surface area contributed by atoms with Crippen LogP contribution in [0.4, 0.5) is 11.4 Å². The maximum Gasteiger partial charge on any atom is 0.239 e. The van der Waals surface area contributed by atoms with Crippen LogP contribution >= 0.6 is 0 Å². The van der Waals surface area contributed by atoms with Gasteiger partial charge in [0, 0.05) is 73.4 Å². The van der Waals surface area contributed by atoms with Gasteiger partial charge in [-0.15, -0.1) is 4.68 Å². The van der Waals surface area contributed by atoms with Crippen LogP contribution in [0.1, 0.15) is 57.1 Å². The lowest BCUT2D eigenvalue weighted by molar-refractivity contribution is -0.749. The number of carbonyl (C=O) groups excluding carboxylic acids is 2. The molecule has 0 spiro atoms. The minimum absolute atomic E-state index is 0.0595. The summed E-state index contributed by atoms with van der Waals surface area (Å²) in [6, 6.07) is 9.99. The Kier molecular flexibility index (Phi) is 6.11. The highest BCUT2D eigenvalue weighted by Crippen LogP contribution is 2.30. The first-order valence-corrected chi connectivity index (χ1v) is 13.1. The lowest BCUT2D eigenvalue weighted by atomic mass is 9.94. The van der Waals surface area contributed by atoms with Gasteiger partial charge in [-0.2, -0.15) is 0 Å². The molecule has 0 saturated carbocycles. The van der Waals surface area contributed by atoms with Gasteiger partial charge in [-0.25, -0.2) is 0 Å². The van der Waals surface area contributed by atoms with Crippen molar-refractivity contribution in [3.63, 3.8) is 0 Å². The van der Waals surface area contributed by atoms with E-state index >= 15 is 0 Å². The Morgan fingerprint density at radius 1 is 0.919 bits per heavy atom. The second-order valence-corrected chi connectivity index (χ2v) is 10.1. The molecule has 0 atom stereocenters. The van der Waals surface area contributed by atoms with Crippen LogP contribution in [0.2, 0.25) is 0 Å². The summed E-state index contributed by atoms with van der Waals surface area (Å²) in [4.78, 5) is 37.5. The van der Waals surface area contributed by atoms with Gasteiger partial charge in [0.1, 0.15) is 5.69 Å². The number of aromatic nitrogens is 4. The summed E-state index contributed by atoms with van der Waals surface area (Å²) in [6.07, 6.45) is 4.68. The molecule has 4 heterocycles. The van der Waals surface area contributed by atoms with Crippen molar-refractivity contribution in [2.24, 2.45) is 0 Å². The van der Waals surface area contributed by atoms with E-state index in [1.54, 1.807) is 12.1 Å². The second-order valence-electron chi connectivity index (χ2n) is 10.1. The first-order valence-electron chi connectivity index (χ1n) is 13.1. The number of piperazine rings is 1. The number of aryl methyl sites for hydroxylation is 1. The highest BCUT2D eigenvalue weighted by molar-refractivity contribution is 6.26. The lowest BCUT2D eigenvalue weighted by Crippen LogP contribution is -2.47. The summed E-state index contributed by atoms with van der Waals surface area (Å²) >= 11 is 0. The molecule has 2 aliphatic heterocycles. The van der Waals surface area contributed by atoms with Crippen molar-refractivity contribution in [2.75, 3.05) is 55.6 Å². The van der Waals surface area contributed by atoms with E-state index < -0.39 is 5.78 Å². The molecule has 0 radical (unpaired) electrons. The molecule has 37 heavy (non-hydrogen) atoms. The first-order chi connectivity index (χ1) is 18.0. The van der Waals surface area contributed by atoms with E-state index in [9.17, 15) is 14.8 Å². The molecule has 10 heteroatoms. The van der Waals surface area contributed by atoms with Gasteiger partial charge in [0.05, 0.1) is 12.1 Å². The third-order valence-corrected chi connectivity index (χ3v) is 7.79. The number of pyridine rings is 1. The molecule has 2 aromatic heterocycles. The van der Waals surface area contributed by atoms with Crippen molar-refractivity contribution in [1.82, 2.24) is 19.7 Å². The number of anilines is 2. The molecule has 3 aromatic rings. The van der Waals surface area contributed by atoms with Crippen molar-refractivity contribution in [3.8, 4) is 0 Å². The average Bonchev–Trinajstić information content (AvgIpc) is 3.57. The smallest absolute Gasteiger partial charge is 0.239 e. The van der Waals surface area contributed by atoms with Crippen molar-refractivity contribution >= 4 is 22.9 Å². The maximum atomic E-state index is 13.0. The first kappa shape index (κ1) is 23.6. The van der Waals surface area contributed by atoms with Crippen molar-refractivity contribution in [1.29, 1.82) is 0 Å². The van der Waals surface area contributed by atoms with Crippen LogP contribution in [-0.2, 0) is 6.54 Å². The molecule has 0 N–H and O–H groups in total. The fourth-order valence-electron chi connectivity index (χ4n) is 5.75. The monoisotopic (exact) mass is 501 g/mol. The molecule has 10 nitrogen and oxygen atoms in total. The second kappa shape index (κ2) is 9.59. The fourth-order valence-corrected chi connectivity index (χ4v) is 5.75. The third-order valence-electron chi connectivity index (χ3n) is 7.79. The topological polar surface area (TPSA) is 102 Å². The van der Waals surface area contributed by atoms with Gasteiger partial charge < -0.3 is 15.0 Å². The Balaban J connectivity index is 1.07. The zero-order valence-corrected chi connectivity index (χ0v) is 21.1. The van der Waals surface area contributed by atoms with Gasteiger partial charge in [-0.05, 0) is 56.0 Å². The molecule has 3 aliphatic rings. The third kappa shape index (κ3) is 4.25. The van der Waals surface area contributed by atoms with E-state index in [-0.39, 0.29) is 28.4 Å². The van der Waals surface area contributed by atoms with Crippen LogP contribution in [0.5, 0.6) is 0 Å². The summed E-state index contributed by atoms with van der Waals surface area (Å²) in [7, 11) is 0. The molecule has 0 amide bonds. The molecule has 192 valence electrons.